The highest BCUT2D eigenvalue weighted by atomic mass is 16.3. The van der Waals surface area contributed by atoms with Crippen LogP contribution in [0.15, 0.2) is 24.3 Å². The number of amides is 2. The van der Waals surface area contributed by atoms with Gasteiger partial charge in [-0.05, 0) is 42.9 Å². The molecule has 128 valence electrons. The molecule has 5 nitrogen and oxygen atoms in total. The Hall–Kier alpha value is -1.88. The fourth-order valence-electron chi connectivity index (χ4n) is 2.07. The first-order valence-corrected chi connectivity index (χ1v) is 8.30. The van der Waals surface area contributed by atoms with E-state index in [1.54, 1.807) is 12.1 Å². The van der Waals surface area contributed by atoms with Crippen molar-refractivity contribution in [3.63, 3.8) is 0 Å². The Labute approximate surface area is 138 Å². The minimum Gasteiger partial charge on any atom is -0.393 e. The summed E-state index contributed by atoms with van der Waals surface area (Å²) in [4.78, 5) is 23.5. The van der Waals surface area contributed by atoms with E-state index >= 15 is 0 Å². The second-order valence-electron chi connectivity index (χ2n) is 6.11. The maximum Gasteiger partial charge on any atom is 0.313 e. The molecule has 1 aromatic carbocycles. The van der Waals surface area contributed by atoms with Gasteiger partial charge in [0.2, 0.25) is 0 Å². The molecular formula is C18H28N2O3. The Morgan fingerprint density at radius 2 is 1.78 bits per heavy atom. The van der Waals surface area contributed by atoms with Crippen molar-refractivity contribution < 1.29 is 14.7 Å². The quantitative estimate of drug-likeness (QED) is 0.644. The molecule has 5 heteroatoms. The second-order valence-corrected chi connectivity index (χ2v) is 6.11. The lowest BCUT2D eigenvalue weighted by atomic mass is 10.0. The Morgan fingerprint density at radius 1 is 1.13 bits per heavy atom. The SMILES string of the molecule is CCCCc1ccc(NC(=O)C(=O)NCCC(O)C(C)C)cc1. The lowest BCUT2D eigenvalue weighted by Crippen LogP contribution is -2.37. The first kappa shape index (κ1) is 19.2. The van der Waals surface area contributed by atoms with Gasteiger partial charge in [-0.1, -0.05) is 39.3 Å². The van der Waals surface area contributed by atoms with Gasteiger partial charge in [0.15, 0.2) is 0 Å². The van der Waals surface area contributed by atoms with Crippen molar-refractivity contribution in [1.82, 2.24) is 5.32 Å². The molecule has 1 aromatic rings. The van der Waals surface area contributed by atoms with Crippen molar-refractivity contribution in [1.29, 1.82) is 0 Å². The Kier molecular flexibility index (Phi) is 8.33. The van der Waals surface area contributed by atoms with E-state index in [2.05, 4.69) is 17.6 Å². The van der Waals surface area contributed by atoms with E-state index in [0.29, 0.717) is 12.1 Å². The Bertz CT molecular complexity index is 497. The number of carbonyl (C=O) groups excluding carboxylic acids is 2. The maximum absolute atomic E-state index is 11.8. The van der Waals surface area contributed by atoms with Crippen molar-refractivity contribution in [3.8, 4) is 0 Å². The third-order valence-electron chi connectivity index (χ3n) is 3.73. The third-order valence-corrected chi connectivity index (χ3v) is 3.73. The van der Waals surface area contributed by atoms with Crippen LogP contribution in [-0.4, -0.2) is 29.6 Å². The molecule has 2 amide bonds. The molecule has 0 aliphatic heterocycles. The van der Waals surface area contributed by atoms with E-state index in [9.17, 15) is 14.7 Å². The molecule has 3 N–H and O–H groups in total. The molecule has 0 aromatic heterocycles. The van der Waals surface area contributed by atoms with Crippen molar-refractivity contribution >= 4 is 17.5 Å². The van der Waals surface area contributed by atoms with E-state index in [4.69, 9.17) is 0 Å². The predicted molar refractivity (Wildman–Crippen MR) is 92.2 cm³/mol. The molecule has 0 saturated carbocycles. The minimum atomic E-state index is -0.689. The molecular weight excluding hydrogens is 292 g/mol. The number of hydrogen-bond donors (Lipinski definition) is 3. The standard InChI is InChI=1S/C18H28N2O3/c1-4-5-6-14-7-9-15(10-8-14)20-18(23)17(22)19-12-11-16(21)13(2)3/h7-10,13,16,21H,4-6,11-12H2,1-3H3,(H,19,22)(H,20,23). The second kappa shape index (κ2) is 10.0. The third kappa shape index (κ3) is 7.28. The molecule has 1 atom stereocenters. The van der Waals surface area contributed by atoms with Crippen LogP contribution in [0.2, 0.25) is 0 Å². The fourth-order valence-corrected chi connectivity index (χ4v) is 2.07. The Balaban J connectivity index is 2.38. The zero-order valence-electron chi connectivity index (χ0n) is 14.3. The smallest absolute Gasteiger partial charge is 0.313 e. The molecule has 1 unspecified atom stereocenters. The molecule has 0 saturated heterocycles. The van der Waals surface area contributed by atoms with Crippen LogP contribution in [0, 0.1) is 5.92 Å². The zero-order chi connectivity index (χ0) is 17.2. The number of unbranched alkanes of at least 4 members (excludes halogenated alkanes) is 1. The van der Waals surface area contributed by atoms with Gasteiger partial charge >= 0.3 is 11.8 Å². The highest BCUT2D eigenvalue weighted by Crippen LogP contribution is 2.11. The number of carbonyl (C=O) groups is 2. The predicted octanol–water partition coefficient (Wildman–Crippen LogP) is 2.49. The summed E-state index contributed by atoms with van der Waals surface area (Å²) in [5.41, 5.74) is 1.82. The summed E-state index contributed by atoms with van der Waals surface area (Å²) in [6.45, 7) is 6.24. The average Bonchev–Trinajstić information content (AvgIpc) is 2.53. The fraction of sp³-hybridized carbons (Fsp3) is 0.556. The van der Waals surface area contributed by atoms with Crippen molar-refractivity contribution in [2.75, 3.05) is 11.9 Å². The summed E-state index contributed by atoms with van der Waals surface area (Å²) in [6.07, 6.45) is 3.25. The number of nitrogens with one attached hydrogen (secondary N) is 2. The first-order chi connectivity index (χ1) is 10.9. The summed E-state index contributed by atoms with van der Waals surface area (Å²) in [6, 6.07) is 7.53. The van der Waals surface area contributed by atoms with Gasteiger partial charge in [0.05, 0.1) is 6.10 Å². The van der Waals surface area contributed by atoms with Gasteiger partial charge < -0.3 is 15.7 Å². The van der Waals surface area contributed by atoms with Gasteiger partial charge in [-0.15, -0.1) is 0 Å². The van der Waals surface area contributed by atoms with Crippen LogP contribution in [-0.2, 0) is 16.0 Å². The first-order valence-electron chi connectivity index (χ1n) is 8.30. The lowest BCUT2D eigenvalue weighted by molar-refractivity contribution is -0.136. The monoisotopic (exact) mass is 320 g/mol. The zero-order valence-corrected chi connectivity index (χ0v) is 14.3. The van der Waals surface area contributed by atoms with Gasteiger partial charge in [-0.2, -0.15) is 0 Å². The topological polar surface area (TPSA) is 78.4 Å². The molecule has 23 heavy (non-hydrogen) atoms. The normalized spacial score (nSPS) is 12.0. The molecule has 0 radical (unpaired) electrons. The van der Waals surface area contributed by atoms with Gasteiger partial charge in [0, 0.05) is 12.2 Å². The van der Waals surface area contributed by atoms with E-state index in [-0.39, 0.29) is 12.5 Å². The molecule has 0 aliphatic rings. The largest absolute Gasteiger partial charge is 0.393 e. The summed E-state index contributed by atoms with van der Waals surface area (Å²) in [5, 5.41) is 14.7. The van der Waals surface area contributed by atoms with E-state index in [1.165, 1.54) is 5.56 Å². The van der Waals surface area contributed by atoms with Crippen LogP contribution in [0.4, 0.5) is 5.69 Å². The number of rotatable bonds is 8. The number of hydrogen-bond acceptors (Lipinski definition) is 3. The van der Waals surface area contributed by atoms with Crippen LogP contribution in [0.5, 0.6) is 0 Å². The van der Waals surface area contributed by atoms with Crippen LogP contribution < -0.4 is 10.6 Å². The van der Waals surface area contributed by atoms with Crippen molar-refractivity contribution in [2.45, 2.75) is 52.6 Å². The molecule has 0 aliphatic carbocycles. The lowest BCUT2D eigenvalue weighted by Gasteiger charge is -2.14. The van der Waals surface area contributed by atoms with Gasteiger partial charge in [-0.25, -0.2) is 0 Å². The Morgan fingerprint density at radius 3 is 2.35 bits per heavy atom. The highest BCUT2D eigenvalue weighted by Gasteiger charge is 2.15. The number of aliphatic hydroxyl groups is 1. The van der Waals surface area contributed by atoms with Crippen molar-refractivity contribution in [3.05, 3.63) is 29.8 Å². The number of aliphatic hydroxyl groups excluding tert-OH is 1. The van der Waals surface area contributed by atoms with Crippen LogP contribution in [0.3, 0.4) is 0 Å². The molecule has 0 heterocycles. The van der Waals surface area contributed by atoms with Crippen LogP contribution in [0.1, 0.15) is 45.6 Å². The molecule has 0 fully saturated rings. The average molecular weight is 320 g/mol. The van der Waals surface area contributed by atoms with Gasteiger partial charge in [-0.3, -0.25) is 9.59 Å². The van der Waals surface area contributed by atoms with E-state index in [0.717, 1.165) is 19.3 Å². The number of benzene rings is 1. The highest BCUT2D eigenvalue weighted by molar-refractivity contribution is 6.39. The minimum absolute atomic E-state index is 0.131. The summed E-state index contributed by atoms with van der Waals surface area (Å²) in [7, 11) is 0. The van der Waals surface area contributed by atoms with Crippen LogP contribution in [0.25, 0.3) is 0 Å². The van der Waals surface area contributed by atoms with E-state index < -0.39 is 17.9 Å². The maximum atomic E-state index is 11.8. The summed E-state index contributed by atoms with van der Waals surface area (Å²) >= 11 is 0. The number of aryl methyl sites for hydroxylation is 1. The summed E-state index contributed by atoms with van der Waals surface area (Å²) < 4.78 is 0. The van der Waals surface area contributed by atoms with Gasteiger partial charge in [0.25, 0.3) is 0 Å². The van der Waals surface area contributed by atoms with Crippen LogP contribution >= 0.6 is 0 Å². The van der Waals surface area contributed by atoms with Gasteiger partial charge in [0.1, 0.15) is 0 Å². The van der Waals surface area contributed by atoms with Crippen molar-refractivity contribution in [2.24, 2.45) is 5.92 Å². The number of anilines is 1. The molecule has 1 rings (SSSR count). The summed E-state index contributed by atoms with van der Waals surface area (Å²) in [5.74, 6) is -1.24. The molecule has 0 spiro atoms. The van der Waals surface area contributed by atoms with E-state index in [1.807, 2.05) is 26.0 Å². The molecule has 0 bridgehead atoms.